The van der Waals surface area contributed by atoms with Crippen molar-refractivity contribution in [3.63, 3.8) is 0 Å². The standard InChI is InChI=1S/C20H19N5/c1-3-15-7-9-16(10-8-15)24-19-18-12-23-25(20(18)22-13-21-19)17-6-4-5-14(2)11-17/h4-13H,3H2,1-2H3,(H,21,22,24). The monoisotopic (exact) mass is 329 g/mol. The number of aryl methyl sites for hydroxylation is 2. The van der Waals surface area contributed by atoms with Crippen LogP contribution in [0.1, 0.15) is 18.1 Å². The van der Waals surface area contributed by atoms with E-state index in [1.807, 2.05) is 16.8 Å². The quantitative estimate of drug-likeness (QED) is 0.602. The van der Waals surface area contributed by atoms with Gasteiger partial charge in [-0.05, 0) is 48.7 Å². The van der Waals surface area contributed by atoms with E-state index >= 15 is 0 Å². The minimum atomic E-state index is 0.758. The lowest BCUT2D eigenvalue weighted by Crippen LogP contribution is -1.99. The van der Waals surface area contributed by atoms with Crippen LogP contribution in [0.5, 0.6) is 0 Å². The van der Waals surface area contributed by atoms with Gasteiger partial charge in [0.05, 0.1) is 17.3 Å². The fourth-order valence-electron chi connectivity index (χ4n) is 2.85. The van der Waals surface area contributed by atoms with Crippen molar-refractivity contribution in [1.82, 2.24) is 19.7 Å². The molecule has 124 valence electrons. The van der Waals surface area contributed by atoms with Gasteiger partial charge in [-0.3, -0.25) is 0 Å². The number of hydrogen-bond donors (Lipinski definition) is 1. The Labute approximate surface area is 146 Å². The van der Waals surface area contributed by atoms with Crippen molar-refractivity contribution in [3.8, 4) is 5.69 Å². The molecule has 2 aromatic carbocycles. The molecule has 25 heavy (non-hydrogen) atoms. The summed E-state index contributed by atoms with van der Waals surface area (Å²) >= 11 is 0. The van der Waals surface area contributed by atoms with Gasteiger partial charge in [-0.25, -0.2) is 14.6 Å². The van der Waals surface area contributed by atoms with Crippen molar-refractivity contribution in [3.05, 3.63) is 72.2 Å². The first-order valence-corrected chi connectivity index (χ1v) is 8.36. The van der Waals surface area contributed by atoms with Crippen molar-refractivity contribution in [1.29, 1.82) is 0 Å². The van der Waals surface area contributed by atoms with Gasteiger partial charge in [-0.2, -0.15) is 5.10 Å². The van der Waals surface area contributed by atoms with Gasteiger partial charge in [0.25, 0.3) is 0 Å². The van der Waals surface area contributed by atoms with Crippen molar-refractivity contribution in [2.45, 2.75) is 20.3 Å². The Morgan fingerprint density at radius 1 is 1.04 bits per heavy atom. The lowest BCUT2D eigenvalue weighted by Gasteiger charge is -2.08. The summed E-state index contributed by atoms with van der Waals surface area (Å²) < 4.78 is 1.84. The summed E-state index contributed by atoms with van der Waals surface area (Å²) in [6, 6.07) is 16.6. The Bertz CT molecular complexity index is 1020. The molecule has 2 aromatic heterocycles. The molecule has 0 aliphatic heterocycles. The van der Waals surface area contributed by atoms with Crippen molar-refractivity contribution >= 4 is 22.5 Å². The number of nitrogens with one attached hydrogen (secondary N) is 1. The Kier molecular flexibility index (Phi) is 3.90. The van der Waals surface area contributed by atoms with Crippen LogP contribution in [0.4, 0.5) is 11.5 Å². The fourth-order valence-corrected chi connectivity index (χ4v) is 2.85. The van der Waals surface area contributed by atoms with Crippen LogP contribution in [0.25, 0.3) is 16.7 Å². The van der Waals surface area contributed by atoms with E-state index in [1.165, 1.54) is 11.1 Å². The molecule has 0 unspecified atom stereocenters. The van der Waals surface area contributed by atoms with E-state index in [2.05, 4.69) is 70.6 Å². The second kappa shape index (κ2) is 6.36. The van der Waals surface area contributed by atoms with E-state index < -0.39 is 0 Å². The van der Waals surface area contributed by atoms with Crippen molar-refractivity contribution < 1.29 is 0 Å². The Balaban J connectivity index is 1.73. The highest BCUT2D eigenvalue weighted by Crippen LogP contribution is 2.25. The summed E-state index contributed by atoms with van der Waals surface area (Å²) in [4.78, 5) is 8.82. The molecular weight excluding hydrogens is 310 g/mol. The summed E-state index contributed by atoms with van der Waals surface area (Å²) in [6.07, 6.45) is 4.40. The third-order valence-corrected chi connectivity index (χ3v) is 4.24. The van der Waals surface area contributed by atoms with E-state index in [-0.39, 0.29) is 0 Å². The summed E-state index contributed by atoms with van der Waals surface area (Å²) in [5.41, 5.74) is 5.27. The average Bonchev–Trinajstić information content (AvgIpc) is 3.07. The largest absolute Gasteiger partial charge is 0.340 e. The molecule has 0 radical (unpaired) electrons. The van der Waals surface area contributed by atoms with Crippen molar-refractivity contribution in [2.75, 3.05) is 5.32 Å². The second-order valence-electron chi connectivity index (χ2n) is 6.03. The third-order valence-electron chi connectivity index (χ3n) is 4.24. The maximum absolute atomic E-state index is 4.51. The molecule has 1 N–H and O–H groups in total. The molecule has 0 amide bonds. The first kappa shape index (κ1) is 15.3. The number of aromatic nitrogens is 4. The number of benzene rings is 2. The van der Waals surface area contributed by atoms with Crippen LogP contribution < -0.4 is 5.32 Å². The van der Waals surface area contributed by atoms with Gasteiger partial charge >= 0.3 is 0 Å². The lowest BCUT2D eigenvalue weighted by atomic mass is 10.1. The van der Waals surface area contributed by atoms with E-state index in [0.29, 0.717) is 0 Å². The van der Waals surface area contributed by atoms with Gasteiger partial charge in [0.15, 0.2) is 5.65 Å². The van der Waals surface area contributed by atoms with E-state index in [9.17, 15) is 0 Å². The molecule has 5 heteroatoms. The minimum Gasteiger partial charge on any atom is -0.340 e. The molecule has 0 bridgehead atoms. The number of anilines is 2. The zero-order valence-electron chi connectivity index (χ0n) is 14.3. The highest BCUT2D eigenvalue weighted by atomic mass is 15.3. The predicted octanol–water partition coefficient (Wildman–Crippen LogP) is 4.43. The molecule has 4 aromatic rings. The molecule has 2 heterocycles. The first-order chi connectivity index (χ1) is 12.2. The van der Waals surface area contributed by atoms with E-state index in [1.54, 1.807) is 12.5 Å². The molecule has 0 saturated heterocycles. The maximum Gasteiger partial charge on any atom is 0.168 e. The first-order valence-electron chi connectivity index (χ1n) is 8.36. The summed E-state index contributed by atoms with van der Waals surface area (Å²) in [7, 11) is 0. The topological polar surface area (TPSA) is 55.6 Å². The molecule has 5 nitrogen and oxygen atoms in total. The van der Waals surface area contributed by atoms with Crippen molar-refractivity contribution in [2.24, 2.45) is 0 Å². The van der Waals surface area contributed by atoms with E-state index in [4.69, 9.17) is 0 Å². The van der Waals surface area contributed by atoms with Crippen LogP contribution in [0.3, 0.4) is 0 Å². The molecule has 0 saturated carbocycles. The highest BCUT2D eigenvalue weighted by molar-refractivity contribution is 5.89. The molecule has 4 rings (SSSR count). The number of nitrogens with zero attached hydrogens (tertiary/aromatic N) is 4. The summed E-state index contributed by atoms with van der Waals surface area (Å²) in [5, 5.41) is 8.77. The lowest BCUT2D eigenvalue weighted by molar-refractivity contribution is 0.894. The van der Waals surface area contributed by atoms with Crippen LogP contribution in [0.15, 0.2) is 61.1 Å². The van der Waals surface area contributed by atoms with Crippen LogP contribution in [0.2, 0.25) is 0 Å². The van der Waals surface area contributed by atoms with Gasteiger partial charge in [-0.1, -0.05) is 31.2 Å². The smallest absolute Gasteiger partial charge is 0.168 e. The second-order valence-corrected chi connectivity index (χ2v) is 6.03. The normalized spacial score (nSPS) is 11.0. The zero-order valence-corrected chi connectivity index (χ0v) is 14.3. The Morgan fingerprint density at radius 2 is 1.88 bits per heavy atom. The Hall–Kier alpha value is -3.21. The van der Waals surface area contributed by atoms with Gasteiger partial charge in [-0.15, -0.1) is 0 Å². The maximum atomic E-state index is 4.51. The van der Waals surface area contributed by atoms with Crippen LogP contribution in [-0.4, -0.2) is 19.7 Å². The molecular formula is C20H19N5. The fraction of sp³-hybridized carbons (Fsp3) is 0.150. The SMILES string of the molecule is CCc1ccc(Nc2ncnc3c2cnn3-c2cccc(C)c2)cc1. The summed E-state index contributed by atoms with van der Waals surface area (Å²) in [5.74, 6) is 0.758. The van der Waals surface area contributed by atoms with Gasteiger partial charge in [0.2, 0.25) is 0 Å². The average molecular weight is 329 g/mol. The number of rotatable bonds is 4. The zero-order chi connectivity index (χ0) is 17.2. The summed E-state index contributed by atoms with van der Waals surface area (Å²) in [6.45, 7) is 4.22. The van der Waals surface area contributed by atoms with Crippen LogP contribution in [-0.2, 0) is 6.42 Å². The van der Waals surface area contributed by atoms with Crippen LogP contribution in [0, 0.1) is 6.92 Å². The minimum absolute atomic E-state index is 0.758. The molecule has 0 fully saturated rings. The van der Waals surface area contributed by atoms with Gasteiger partial charge in [0.1, 0.15) is 12.1 Å². The van der Waals surface area contributed by atoms with E-state index in [0.717, 1.165) is 34.6 Å². The highest BCUT2D eigenvalue weighted by Gasteiger charge is 2.11. The molecule has 0 spiro atoms. The third kappa shape index (κ3) is 2.96. The Morgan fingerprint density at radius 3 is 2.64 bits per heavy atom. The van der Waals surface area contributed by atoms with Crippen LogP contribution >= 0.6 is 0 Å². The predicted molar refractivity (Wildman–Crippen MR) is 100 cm³/mol. The van der Waals surface area contributed by atoms with Gasteiger partial charge < -0.3 is 5.32 Å². The number of fused-ring (bicyclic) bond motifs is 1. The molecule has 0 atom stereocenters. The van der Waals surface area contributed by atoms with Gasteiger partial charge in [0, 0.05) is 5.69 Å². The molecule has 0 aliphatic rings. The molecule has 0 aliphatic carbocycles. The number of hydrogen-bond acceptors (Lipinski definition) is 4.